The molecule has 2 aliphatic carbocycles. The van der Waals surface area contributed by atoms with E-state index in [0.717, 1.165) is 89.6 Å². The fourth-order valence-corrected chi connectivity index (χ4v) is 10.7. The van der Waals surface area contributed by atoms with Gasteiger partial charge < -0.3 is 4.74 Å². The van der Waals surface area contributed by atoms with E-state index in [1.807, 2.05) is 42.5 Å². The summed E-state index contributed by atoms with van der Waals surface area (Å²) in [5.74, 6) is 4.19. The van der Waals surface area contributed by atoms with Crippen molar-refractivity contribution in [1.82, 2.24) is 24.9 Å². The van der Waals surface area contributed by atoms with Gasteiger partial charge in [0.15, 0.2) is 23.3 Å². The summed E-state index contributed by atoms with van der Waals surface area (Å²) in [6.07, 6.45) is 0. The number of ether oxygens (including phenoxy) is 1. The summed E-state index contributed by atoms with van der Waals surface area (Å²) in [4.78, 5) is 26.6. The van der Waals surface area contributed by atoms with Crippen LogP contribution in [0.2, 0.25) is 0 Å². The zero-order valence-corrected chi connectivity index (χ0v) is 35.7. The first-order valence-electron chi connectivity index (χ1n) is 22.1. The number of fused-ring (bicyclic) bond motifs is 12. The molecule has 0 unspecified atom stereocenters. The molecule has 2 aromatic heterocycles. The van der Waals surface area contributed by atoms with Gasteiger partial charge in [-0.25, -0.2) is 24.9 Å². The summed E-state index contributed by atoms with van der Waals surface area (Å²) in [5, 5.41) is 0. The minimum atomic E-state index is -0.723. The van der Waals surface area contributed by atoms with Gasteiger partial charge in [0.2, 0.25) is 0 Å². The molecule has 6 heteroatoms. The maximum Gasteiger partial charge on any atom is 0.164 e. The molecule has 0 N–H and O–H groups in total. The van der Waals surface area contributed by atoms with Crippen molar-refractivity contribution in [3.05, 3.63) is 234 Å². The molecular weight excluding hydrogens is 795 g/mol. The second-order valence-corrected chi connectivity index (χ2v) is 17.5. The predicted molar refractivity (Wildman–Crippen MR) is 258 cm³/mol. The molecule has 0 radical (unpaired) electrons. The van der Waals surface area contributed by atoms with Crippen LogP contribution < -0.4 is 4.74 Å². The normalized spacial score (nSPS) is 14.1. The van der Waals surface area contributed by atoms with Gasteiger partial charge in [-0.05, 0) is 51.6 Å². The van der Waals surface area contributed by atoms with E-state index >= 15 is 0 Å². The molecule has 10 aromatic rings. The van der Waals surface area contributed by atoms with Crippen LogP contribution in [0.5, 0.6) is 11.5 Å². The lowest BCUT2D eigenvalue weighted by Crippen LogP contribution is -2.32. The molecule has 0 saturated heterocycles. The van der Waals surface area contributed by atoms with E-state index in [4.69, 9.17) is 29.7 Å². The Balaban J connectivity index is 1.14. The van der Waals surface area contributed by atoms with Crippen molar-refractivity contribution >= 4 is 0 Å². The molecule has 13 rings (SSSR count). The Labute approximate surface area is 377 Å². The predicted octanol–water partition coefficient (Wildman–Crippen LogP) is 13.8. The maximum absolute atomic E-state index is 6.74. The zero-order valence-electron chi connectivity index (χ0n) is 35.7. The summed E-state index contributed by atoms with van der Waals surface area (Å²) in [5.41, 5.74) is 15.7. The first kappa shape index (κ1) is 37.2. The number of hydrogen-bond donors (Lipinski definition) is 0. The first-order chi connectivity index (χ1) is 32.0. The van der Waals surface area contributed by atoms with Gasteiger partial charge in [-0.2, -0.15) is 0 Å². The highest BCUT2D eigenvalue weighted by Crippen LogP contribution is 2.64. The largest absolute Gasteiger partial charge is 0.457 e. The third kappa shape index (κ3) is 5.44. The fraction of sp³-hybridized carbons (Fsp3) is 0.0678. The number of rotatable bonds is 5. The Morgan fingerprint density at radius 1 is 0.338 bits per heavy atom. The van der Waals surface area contributed by atoms with Crippen LogP contribution in [0.1, 0.15) is 47.4 Å². The lowest BCUT2D eigenvalue weighted by molar-refractivity contribution is 0.436. The van der Waals surface area contributed by atoms with Crippen molar-refractivity contribution in [2.24, 2.45) is 0 Å². The lowest BCUT2D eigenvalue weighted by atomic mass is 9.66. The smallest absolute Gasteiger partial charge is 0.164 e. The molecule has 0 fully saturated rings. The van der Waals surface area contributed by atoms with Crippen LogP contribution in [0, 0.1) is 0 Å². The Morgan fingerprint density at radius 3 is 1.45 bits per heavy atom. The highest BCUT2D eigenvalue weighted by atomic mass is 16.5. The minimum Gasteiger partial charge on any atom is -0.457 e. The van der Waals surface area contributed by atoms with Crippen LogP contribution in [0.3, 0.4) is 0 Å². The molecule has 6 nitrogen and oxygen atoms in total. The van der Waals surface area contributed by atoms with E-state index < -0.39 is 5.41 Å². The van der Waals surface area contributed by atoms with Crippen LogP contribution in [0.15, 0.2) is 200 Å². The van der Waals surface area contributed by atoms with Crippen LogP contribution in [0.25, 0.3) is 79.1 Å². The van der Waals surface area contributed by atoms with Gasteiger partial charge in [0.05, 0.1) is 16.8 Å². The molecule has 0 saturated carbocycles. The van der Waals surface area contributed by atoms with Crippen LogP contribution >= 0.6 is 0 Å². The average molecular weight is 834 g/mol. The van der Waals surface area contributed by atoms with E-state index in [-0.39, 0.29) is 5.41 Å². The van der Waals surface area contributed by atoms with Gasteiger partial charge in [-0.15, -0.1) is 0 Å². The van der Waals surface area contributed by atoms with Gasteiger partial charge in [0.1, 0.15) is 11.5 Å². The summed E-state index contributed by atoms with van der Waals surface area (Å²) < 4.78 is 6.74. The van der Waals surface area contributed by atoms with Gasteiger partial charge in [-0.3, -0.25) is 0 Å². The van der Waals surface area contributed by atoms with E-state index in [1.165, 1.54) is 11.1 Å². The second-order valence-electron chi connectivity index (χ2n) is 17.5. The molecule has 65 heavy (non-hydrogen) atoms. The molecular formula is C59H39N5O. The maximum atomic E-state index is 6.74. The minimum absolute atomic E-state index is 0.338. The monoisotopic (exact) mass is 833 g/mol. The molecule has 3 aliphatic rings. The van der Waals surface area contributed by atoms with Gasteiger partial charge in [0.25, 0.3) is 0 Å². The second kappa shape index (κ2) is 14.1. The fourth-order valence-electron chi connectivity index (χ4n) is 10.7. The molecule has 0 amide bonds. The van der Waals surface area contributed by atoms with Crippen LogP contribution in [0.4, 0.5) is 0 Å². The quantitative estimate of drug-likeness (QED) is 0.172. The third-order valence-corrected chi connectivity index (χ3v) is 13.6. The van der Waals surface area contributed by atoms with Crippen molar-refractivity contribution in [2.75, 3.05) is 0 Å². The van der Waals surface area contributed by atoms with Crippen molar-refractivity contribution in [3.8, 4) is 90.6 Å². The lowest BCUT2D eigenvalue weighted by Gasteiger charge is -2.39. The number of benzene rings is 8. The molecule has 306 valence electrons. The molecule has 1 spiro atoms. The summed E-state index contributed by atoms with van der Waals surface area (Å²) in [6, 6.07) is 69.9. The summed E-state index contributed by atoms with van der Waals surface area (Å²) in [7, 11) is 0. The van der Waals surface area contributed by atoms with E-state index in [9.17, 15) is 0 Å². The highest BCUT2D eigenvalue weighted by Gasteiger charge is 2.52. The van der Waals surface area contributed by atoms with Crippen LogP contribution in [-0.2, 0) is 10.8 Å². The standard InChI is InChI=1S/C59H39N5O/c1-58(2)43-27-13-12-25-40(43)51-52(60-54(61-53(51)58)36-19-6-3-7-20-36)39-33-34-44-42(35-39)50-41(57-63-55(37-21-8-4-9-22-37)62-56(64-57)38-23-10-5-11-24-38)26-18-30-47(50)59(44)45-28-14-16-31-48(45)65-49-32-17-15-29-46(49)59/h3-35H,1-2H3. The average Bonchev–Trinajstić information content (AvgIpc) is 3.79. The molecule has 0 bridgehead atoms. The van der Waals surface area contributed by atoms with E-state index in [1.54, 1.807) is 0 Å². The Hall–Kier alpha value is -8.35. The number of aromatic nitrogens is 5. The van der Waals surface area contributed by atoms with Crippen molar-refractivity contribution in [1.29, 1.82) is 0 Å². The summed E-state index contributed by atoms with van der Waals surface area (Å²) in [6.45, 7) is 4.56. The van der Waals surface area contributed by atoms with Crippen molar-refractivity contribution in [3.63, 3.8) is 0 Å². The van der Waals surface area contributed by atoms with Crippen molar-refractivity contribution < 1.29 is 4.74 Å². The number of para-hydroxylation sites is 2. The van der Waals surface area contributed by atoms with E-state index in [0.29, 0.717) is 23.3 Å². The SMILES string of the molecule is CC1(C)c2ccccc2-c2c(-c3ccc4c(c3)-c3c(-c5nc(-c6ccccc6)nc(-c6ccccc6)n5)cccc3C43c4ccccc4Oc4ccccc43)nc(-c3ccccc3)nc21. The molecule has 0 atom stereocenters. The molecule has 3 heterocycles. The molecule has 8 aromatic carbocycles. The number of hydrogen-bond acceptors (Lipinski definition) is 6. The van der Waals surface area contributed by atoms with Gasteiger partial charge >= 0.3 is 0 Å². The Morgan fingerprint density at radius 2 is 0.831 bits per heavy atom. The topological polar surface area (TPSA) is 73.7 Å². The van der Waals surface area contributed by atoms with Gasteiger partial charge in [-0.1, -0.05) is 196 Å². The van der Waals surface area contributed by atoms with Crippen molar-refractivity contribution in [2.45, 2.75) is 24.7 Å². The third-order valence-electron chi connectivity index (χ3n) is 13.6. The highest BCUT2D eigenvalue weighted by molar-refractivity contribution is 5.99. The molecule has 1 aliphatic heterocycles. The number of nitrogens with zero attached hydrogens (tertiary/aromatic N) is 5. The summed E-state index contributed by atoms with van der Waals surface area (Å²) >= 11 is 0. The van der Waals surface area contributed by atoms with Gasteiger partial charge in [0, 0.05) is 49.9 Å². The zero-order chi connectivity index (χ0) is 43.3. The Bertz CT molecular complexity index is 3450. The Kier molecular flexibility index (Phi) is 8.06. The van der Waals surface area contributed by atoms with Crippen LogP contribution in [-0.4, -0.2) is 24.9 Å². The van der Waals surface area contributed by atoms with E-state index in [2.05, 4.69) is 172 Å². The first-order valence-corrected chi connectivity index (χ1v) is 22.1.